The van der Waals surface area contributed by atoms with Crippen molar-refractivity contribution in [2.75, 3.05) is 5.84 Å². The van der Waals surface area contributed by atoms with Gasteiger partial charge >= 0.3 is 0 Å². The van der Waals surface area contributed by atoms with Gasteiger partial charge in [0.1, 0.15) is 5.69 Å². The Hall–Kier alpha value is -2.15. The first kappa shape index (κ1) is 10.0. The SMILES string of the molecule is Cn1nc(-c2n[nH]c(=S)n2N)c2ccccc21. The van der Waals surface area contributed by atoms with Gasteiger partial charge in [-0.3, -0.25) is 4.68 Å². The molecule has 3 rings (SSSR count). The van der Waals surface area contributed by atoms with Gasteiger partial charge < -0.3 is 5.84 Å². The summed E-state index contributed by atoms with van der Waals surface area (Å²) in [6, 6.07) is 7.90. The highest BCUT2D eigenvalue weighted by atomic mass is 32.1. The second-order valence-electron chi connectivity index (χ2n) is 3.71. The van der Waals surface area contributed by atoms with Gasteiger partial charge in [0.25, 0.3) is 0 Å². The lowest BCUT2D eigenvalue weighted by atomic mass is 10.2. The lowest BCUT2D eigenvalue weighted by Gasteiger charge is -1.95. The predicted molar refractivity (Wildman–Crippen MR) is 67.3 cm³/mol. The zero-order chi connectivity index (χ0) is 12.0. The van der Waals surface area contributed by atoms with Crippen LogP contribution in [-0.4, -0.2) is 24.7 Å². The summed E-state index contributed by atoms with van der Waals surface area (Å²) in [6.07, 6.45) is 0. The van der Waals surface area contributed by atoms with Crippen LogP contribution in [0, 0.1) is 4.77 Å². The number of nitrogens with one attached hydrogen (secondary N) is 1. The normalized spacial score (nSPS) is 11.1. The number of para-hydroxylation sites is 1. The van der Waals surface area contributed by atoms with Gasteiger partial charge in [0.15, 0.2) is 0 Å². The molecule has 0 saturated carbocycles. The first-order valence-electron chi connectivity index (χ1n) is 5.03. The maximum Gasteiger partial charge on any atom is 0.214 e. The van der Waals surface area contributed by atoms with Crippen molar-refractivity contribution in [2.24, 2.45) is 7.05 Å². The third-order valence-corrected chi connectivity index (χ3v) is 2.96. The van der Waals surface area contributed by atoms with E-state index in [1.54, 1.807) is 4.68 Å². The zero-order valence-electron chi connectivity index (χ0n) is 9.08. The molecular formula is C10H10N6S. The molecule has 0 aliphatic heterocycles. The summed E-state index contributed by atoms with van der Waals surface area (Å²) in [6.45, 7) is 0. The number of aromatic nitrogens is 5. The number of benzene rings is 1. The maximum atomic E-state index is 5.80. The van der Waals surface area contributed by atoms with Crippen molar-refractivity contribution in [3.63, 3.8) is 0 Å². The van der Waals surface area contributed by atoms with Crippen LogP contribution in [0.25, 0.3) is 22.4 Å². The number of hydrogen-bond donors (Lipinski definition) is 2. The fourth-order valence-corrected chi connectivity index (χ4v) is 1.98. The largest absolute Gasteiger partial charge is 0.335 e. The smallest absolute Gasteiger partial charge is 0.214 e. The van der Waals surface area contributed by atoms with Crippen molar-refractivity contribution in [3.05, 3.63) is 29.0 Å². The molecule has 0 bridgehead atoms. The van der Waals surface area contributed by atoms with Crippen molar-refractivity contribution < 1.29 is 0 Å². The average molecular weight is 246 g/mol. The van der Waals surface area contributed by atoms with Gasteiger partial charge in [-0.25, -0.2) is 9.77 Å². The number of nitrogens with zero attached hydrogens (tertiary/aromatic N) is 4. The zero-order valence-corrected chi connectivity index (χ0v) is 9.90. The van der Waals surface area contributed by atoms with Crippen LogP contribution in [-0.2, 0) is 7.05 Å². The second-order valence-corrected chi connectivity index (χ2v) is 4.10. The Balaban J connectivity index is 2.39. The summed E-state index contributed by atoms with van der Waals surface area (Å²) in [7, 11) is 1.88. The van der Waals surface area contributed by atoms with Crippen LogP contribution >= 0.6 is 12.2 Å². The number of H-pyrrole nitrogens is 1. The standard InChI is InChI=1S/C10H10N6S/c1-15-7-5-3-2-4-6(7)8(14-15)9-12-13-10(17)16(9)11/h2-5H,11H2,1H3,(H,13,17). The first-order chi connectivity index (χ1) is 8.18. The average Bonchev–Trinajstić information content (AvgIpc) is 2.83. The molecule has 2 heterocycles. The Morgan fingerprint density at radius 1 is 1.35 bits per heavy atom. The molecule has 0 saturated heterocycles. The molecule has 0 aliphatic rings. The molecule has 2 aromatic heterocycles. The molecule has 0 spiro atoms. The van der Waals surface area contributed by atoms with Crippen LogP contribution in [0.3, 0.4) is 0 Å². The lowest BCUT2D eigenvalue weighted by molar-refractivity contribution is 0.795. The molecule has 3 aromatic rings. The van der Waals surface area contributed by atoms with Gasteiger partial charge in [-0.1, -0.05) is 18.2 Å². The molecule has 0 unspecified atom stereocenters. The lowest BCUT2D eigenvalue weighted by Crippen LogP contribution is -2.10. The van der Waals surface area contributed by atoms with E-state index in [0.29, 0.717) is 10.6 Å². The van der Waals surface area contributed by atoms with Crippen LogP contribution in [0.2, 0.25) is 0 Å². The summed E-state index contributed by atoms with van der Waals surface area (Å²) >= 11 is 4.99. The van der Waals surface area contributed by atoms with Gasteiger partial charge in [-0.15, -0.1) is 0 Å². The van der Waals surface area contributed by atoms with Crippen molar-refractivity contribution in [3.8, 4) is 11.5 Å². The van der Waals surface area contributed by atoms with E-state index in [-0.39, 0.29) is 0 Å². The van der Waals surface area contributed by atoms with Gasteiger partial charge in [0, 0.05) is 12.4 Å². The molecule has 0 aliphatic carbocycles. The van der Waals surface area contributed by atoms with Crippen LogP contribution < -0.4 is 5.84 Å². The number of rotatable bonds is 1. The van der Waals surface area contributed by atoms with Crippen LogP contribution in [0.4, 0.5) is 0 Å². The molecule has 0 amide bonds. The predicted octanol–water partition coefficient (Wildman–Crippen LogP) is 1.21. The number of nitrogens with two attached hydrogens (primary N) is 1. The third kappa shape index (κ3) is 1.36. The Bertz CT molecular complexity index is 750. The summed E-state index contributed by atoms with van der Waals surface area (Å²) in [5.74, 6) is 6.34. The Kier molecular flexibility index (Phi) is 2.02. The van der Waals surface area contributed by atoms with Crippen molar-refractivity contribution in [1.29, 1.82) is 0 Å². The van der Waals surface area contributed by atoms with Gasteiger partial charge in [0.2, 0.25) is 10.6 Å². The van der Waals surface area contributed by atoms with Gasteiger partial charge in [0.05, 0.1) is 5.52 Å². The molecule has 3 N–H and O–H groups in total. The van der Waals surface area contributed by atoms with Gasteiger partial charge in [-0.05, 0) is 18.3 Å². The Morgan fingerprint density at radius 3 is 2.82 bits per heavy atom. The van der Waals surface area contributed by atoms with E-state index in [4.69, 9.17) is 18.1 Å². The quantitative estimate of drug-likeness (QED) is 0.499. The minimum absolute atomic E-state index is 0.370. The molecule has 7 heteroatoms. The van der Waals surface area contributed by atoms with E-state index in [9.17, 15) is 0 Å². The van der Waals surface area contributed by atoms with Crippen LogP contribution in [0.15, 0.2) is 24.3 Å². The Morgan fingerprint density at radius 2 is 2.12 bits per heavy atom. The van der Waals surface area contributed by atoms with Gasteiger partial charge in [-0.2, -0.15) is 10.2 Å². The molecule has 0 atom stereocenters. The highest BCUT2D eigenvalue weighted by molar-refractivity contribution is 7.71. The molecule has 17 heavy (non-hydrogen) atoms. The minimum atomic E-state index is 0.370. The fraction of sp³-hybridized carbons (Fsp3) is 0.100. The summed E-state index contributed by atoms with van der Waals surface area (Å²) < 4.78 is 3.49. The first-order valence-corrected chi connectivity index (χ1v) is 5.44. The number of fused-ring (bicyclic) bond motifs is 1. The number of nitrogen functional groups attached to an aromatic ring is 1. The summed E-state index contributed by atoms with van der Waals surface area (Å²) in [4.78, 5) is 0. The second kappa shape index (κ2) is 3.42. The summed E-state index contributed by atoms with van der Waals surface area (Å²) in [5, 5.41) is 12.2. The fourth-order valence-electron chi connectivity index (χ4n) is 1.85. The van der Waals surface area contributed by atoms with E-state index >= 15 is 0 Å². The molecule has 0 fully saturated rings. The third-order valence-electron chi connectivity index (χ3n) is 2.67. The highest BCUT2D eigenvalue weighted by Gasteiger charge is 2.15. The topological polar surface area (TPSA) is 77.5 Å². The van der Waals surface area contributed by atoms with E-state index in [2.05, 4.69) is 15.3 Å². The van der Waals surface area contributed by atoms with E-state index in [0.717, 1.165) is 16.6 Å². The molecule has 0 radical (unpaired) electrons. The Labute approximate surface area is 102 Å². The molecule has 86 valence electrons. The van der Waals surface area contributed by atoms with Crippen molar-refractivity contribution >= 4 is 23.1 Å². The summed E-state index contributed by atoms with van der Waals surface area (Å²) in [5.41, 5.74) is 1.74. The number of aromatic amines is 1. The van der Waals surface area contributed by atoms with Crippen LogP contribution in [0.1, 0.15) is 0 Å². The highest BCUT2D eigenvalue weighted by Crippen LogP contribution is 2.24. The van der Waals surface area contributed by atoms with Crippen LogP contribution in [0.5, 0.6) is 0 Å². The molecular weight excluding hydrogens is 236 g/mol. The molecule has 6 nitrogen and oxygen atoms in total. The monoisotopic (exact) mass is 246 g/mol. The van der Waals surface area contributed by atoms with E-state index < -0.39 is 0 Å². The number of hydrogen-bond acceptors (Lipinski definition) is 4. The molecule has 1 aromatic carbocycles. The van der Waals surface area contributed by atoms with Crippen molar-refractivity contribution in [2.45, 2.75) is 0 Å². The maximum absolute atomic E-state index is 5.80. The van der Waals surface area contributed by atoms with Crippen molar-refractivity contribution in [1.82, 2.24) is 24.7 Å². The van der Waals surface area contributed by atoms with E-state index in [1.165, 1.54) is 4.68 Å². The van der Waals surface area contributed by atoms with E-state index in [1.807, 2.05) is 31.3 Å². The minimum Gasteiger partial charge on any atom is -0.335 e. The number of aryl methyl sites for hydroxylation is 1.